The molecule has 0 amide bonds. The van der Waals surface area contributed by atoms with Crippen molar-refractivity contribution in [3.63, 3.8) is 0 Å². The summed E-state index contributed by atoms with van der Waals surface area (Å²) in [5.41, 5.74) is 1.01. The van der Waals surface area contributed by atoms with E-state index in [2.05, 4.69) is 57.7 Å². The molecule has 3 aromatic rings. The molecular weight excluding hydrogens is 450 g/mol. The van der Waals surface area contributed by atoms with Crippen molar-refractivity contribution >= 4 is 27.8 Å². The van der Waals surface area contributed by atoms with Gasteiger partial charge in [0.2, 0.25) is 11.8 Å². The van der Waals surface area contributed by atoms with Gasteiger partial charge >= 0.3 is 0 Å². The van der Waals surface area contributed by atoms with Gasteiger partial charge in [-0.25, -0.2) is 9.97 Å². The molecule has 0 spiro atoms. The number of piperazine rings is 1. The minimum atomic E-state index is 0.208. The Hall–Kier alpha value is -2.75. The molecule has 1 aliphatic heterocycles. The number of halogens is 1. The lowest BCUT2D eigenvalue weighted by molar-refractivity contribution is 0.302. The second-order valence-electron chi connectivity index (χ2n) is 7.55. The number of ether oxygens (including phenoxy) is 1. The highest BCUT2D eigenvalue weighted by atomic mass is 79.9. The highest BCUT2D eigenvalue weighted by Gasteiger charge is 2.28. The highest BCUT2D eigenvalue weighted by Crippen LogP contribution is 2.23. The molecule has 0 aromatic carbocycles. The van der Waals surface area contributed by atoms with E-state index >= 15 is 0 Å². The van der Waals surface area contributed by atoms with Crippen LogP contribution in [0.2, 0.25) is 0 Å². The molecule has 158 valence electrons. The molecule has 10 heteroatoms. The lowest BCUT2D eigenvalue weighted by atomic mass is 10.2. The summed E-state index contributed by atoms with van der Waals surface area (Å²) >= 11 is 3.47. The molecule has 0 N–H and O–H groups in total. The quantitative estimate of drug-likeness (QED) is 0.533. The van der Waals surface area contributed by atoms with E-state index in [4.69, 9.17) is 9.26 Å². The number of aromatic nitrogens is 5. The standard InChI is InChI=1S/C20H24BrN7O2/c1-13(2)18-25-20(26-30-18)27-6-7-28(14(3)11-27)19-23-8-16(9-24-19)29-12-15-4-5-22-10-17(15)21/h4-5,8-10,13-14H,6-7,11-12H2,1-3H3/t14-/m1/s1. The molecule has 1 atom stereocenters. The third-order valence-corrected chi connectivity index (χ3v) is 5.67. The Morgan fingerprint density at radius 3 is 2.67 bits per heavy atom. The van der Waals surface area contributed by atoms with Gasteiger partial charge < -0.3 is 19.1 Å². The summed E-state index contributed by atoms with van der Waals surface area (Å²) in [4.78, 5) is 21.9. The van der Waals surface area contributed by atoms with E-state index in [1.54, 1.807) is 24.8 Å². The first-order chi connectivity index (χ1) is 14.5. The van der Waals surface area contributed by atoms with Crippen LogP contribution in [0.15, 0.2) is 39.8 Å². The van der Waals surface area contributed by atoms with Gasteiger partial charge in [0.05, 0.1) is 12.4 Å². The maximum Gasteiger partial charge on any atom is 0.266 e. The molecule has 1 aliphatic rings. The molecule has 0 unspecified atom stereocenters. The van der Waals surface area contributed by atoms with Crippen molar-refractivity contribution in [1.82, 2.24) is 25.1 Å². The maximum absolute atomic E-state index is 5.80. The number of pyridine rings is 1. The van der Waals surface area contributed by atoms with E-state index in [1.165, 1.54) is 0 Å². The highest BCUT2D eigenvalue weighted by molar-refractivity contribution is 9.10. The van der Waals surface area contributed by atoms with Gasteiger partial charge in [-0.3, -0.25) is 4.98 Å². The van der Waals surface area contributed by atoms with E-state index in [9.17, 15) is 0 Å². The Balaban J connectivity index is 1.36. The predicted molar refractivity (Wildman–Crippen MR) is 116 cm³/mol. The number of hydrogen-bond donors (Lipinski definition) is 0. The molecular formula is C20H24BrN7O2. The van der Waals surface area contributed by atoms with Crippen molar-refractivity contribution in [2.45, 2.75) is 39.3 Å². The van der Waals surface area contributed by atoms with Crippen LogP contribution in [0.5, 0.6) is 5.75 Å². The van der Waals surface area contributed by atoms with Crippen LogP contribution in [-0.2, 0) is 6.61 Å². The van der Waals surface area contributed by atoms with E-state index in [0.717, 1.165) is 29.7 Å². The molecule has 9 nitrogen and oxygen atoms in total. The summed E-state index contributed by atoms with van der Waals surface area (Å²) in [6.45, 7) is 8.97. The van der Waals surface area contributed by atoms with Crippen LogP contribution < -0.4 is 14.5 Å². The van der Waals surface area contributed by atoms with E-state index in [0.29, 0.717) is 30.1 Å². The van der Waals surface area contributed by atoms with Gasteiger partial charge in [-0.2, -0.15) is 4.98 Å². The summed E-state index contributed by atoms with van der Waals surface area (Å²) in [5.74, 6) is 2.85. The third-order valence-electron chi connectivity index (χ3n) is 4.96. The molecule has 4 rings (SSSR count). The van der Waals surface area contributed by atoms with Gasteiger partial charge in [0.25, 0.3) is 5.95 Å². The Bertz CT molecular complexity index is 979. The van der Waals surface area contributed by atoms with Crippen LogP contribution in [0.25, 0.3) is 0 Å². The van der Waals surface area contributed by atoms with E-state index in [-0.39, 0.29) is 12.0 Å². The van der Waals surface area contributed by atoms with Crippen molar-refractivity contribution in [2.24, 2.45) is 0 Å². The lowest BCUT2D eigenvalue weighted by Crippen LogP contribution is -2.53. The second-order valence-corrected chi connectivity index (χ2v) is 8.40. The SMILES string of the molecule is CC(C)c1nc(N2CCN(c3ncc(OCc4ccncc4Br)cn3)[C@H](C)C2)no1. The molecule has 1 saturated heterocycles. The fourth-order valence-electron chi connectivity index (χ4n) is 3.24. The van der Waals surface area contributed by atoms with Crippen molar-refractivity contribution in [2.75, 3.05) is 29.4 Å². The molecule has 0 bridgehead atoms. The zero-order valence-corrected chi connectivity index (χ0v) is 18.8. The van der Waals surface area contributed by atoms with Crippen LogP contribution in [-0.4, -0.2) is 50.8 Å². The summed E-state index contributed by atoms with van der Waals surface area (Å²) in [5, 5.41) is 4.12. The molecule has 1 fully saturated rings. The fraction of sp³-hybridized carbons (Fsp3) is 0.450. The van der Waals surface area contributed by atoms with Crippen LogP contribution in [0.4, 0.5) is 11.9 Å². The number of anilines is 2. The monoisotopic (exact) mass is 473 g/mol. The summed E-state index contributed by atoms with van der Waals surface area (Å²) in [7, 11) is 0. The average molecular weight is 474 g/mol. The van der Waals surface area contributed by atoms with Crippen LogP contribution in [0, 0.1) is 0 Å². The van der Waals surface area contributed by atoms with Gasteiger partial charge in [-0.15, -0.1) is 0 Å². The smallest absolute Gasteiger partial charge is 0.266 e. The minimum absolute atomic E-state index is 0.208. The first-order valence-corrected chi connectivity index (χ1v) is 10.7. The molecule has 0 radical (unpaired) electrons. The van der Waals surface area contributed by atoms with Gasteiger partial charge in [0.15, 0.2) is 5.75 Å². The normalized spacial score (nSPS) is 16.9. The first kappa shape index (κ1) is 20.5. The van der Waals surface area contributed by atoms with Crippen molar-refractivity contribution < 1.29 is 9.26 Å². The topological polar surface area (TPSA) is 93.3 Å². The van der Waals surface area contributed by atoms with Gasteiger partial charge in [-0.1, -0.05) is 13.8 Å². The third kappa shape index (κ3) is 4.53. The number of rotatable bonds is 6. The average Bonchev–Trinajstić information content (AvgIpc) is 3.24. The predicted octanol–water partition coefficient (Wildman–Crippen LogP) is 3.43. The van der Waals surface area contributed by atoms with Crippen LogP contribution >= 0.6 is 15.9 Å². The van der Waals surface area contributed by atoms with Gasteiger partial charge in [0, 0.05) is 54.0 Å². The zero-order valence-electron chi connectivity index (χ0n) is 17.2. The first-order valence-electron chi connectivity index (χ1n) is 9.89. The van der Waals surface area contributed by atoms with Crippen molar-refractivity contribution in [3.05, 3.63) is 46.8 Å². The lowest BCUT2D eigenvalue weighted by Gasteiger charge is -2.39. The molecule has 30 heavy (non-hydrogen) atoms. The molecule has 0 aliphatic carbocycles. The van der Waals surface area contributed by atoms with Crippen molar-refractivity contribution in [1.29, 1.82) is 0 Å². The van der Waals surface area contributed by atoms with Crippen LogP contribution in [0.1, 0.15) is 38.1 Å². The molecule has 3 aromatic heterocycles. The Morgan fingerprint density at radius 1 is 1.20 bits per heavy atom. The van der Waals surface area contributed by atoms with E-state index in [1.807, 2.05) is 19.9 Å². The van der Waals surface area contributed by atoms with Gasteiger partial charge in [-0.05, 0) is 34.1 Å². The summed E-state index contributed by atoms with van der Waals surface area (Å²) in [6.07, 6.45) is 6.91. The maximum atomic E-state index is 5.80. The van der Waals surface area contributed by atoms with Gasteiger partial charge in [0.1, 0.15) is 6.61 Å². The van der Waals surface area contributed by atoms with Crippen molar-refractivity contribution in [3.8, 4) is 5.75 Å². The number of nitrogens with zero attached hydrogens (tertiary/aromatic N) is 7. The Morgan fingerprint density at radius 2 is 2.00 bits per heavy atom. The second kappa shape index (κ2) is 8.95. The summed E-state index contributed by atoms with van der Waals surface area (Å²) < 4.78 is 12.1. The Labute approximate surface area is 183 Å². The fourth-order valence-corrected chi connectivity index (χ4v) is 3.61. The number of hydrogen-bond acceptors (Lipinski definition) is 9. The Kier molecular flexibility index (Phi) is 6.12. The van der Waals surface area contributed by atoms with Crippen LogP contribution in [0.3, 0.4) is 0 Å². The summed E-state index contributed by atoms with van der Waals surface area (Å²) in [6, 6.07) is 2.12. The van der Waals surface area contributed by atoms with E-state index < -0.39 is 0 Å². The molecule has 0 saturated carbocycles. The molecule has 4 heterocycles. The zero-order chi connectivity index (χ0) is 21.1. The minimum Gasteiger partial charge on any atom is -0.486 e. The largest absolute Gasteiger partial charge is 0.486 e.